The van der Waals surface area contributed by atoms with Crippen molar-refractivity contribution in [1.82, 2.24) is 9.55 Å². The normalized spacial score (nSPS) is 12.6. The number of nitrogens with zero attached hydrogens (tertiary/aromatic N) is 4. The van der Waals surface area contributed by atoms with E-state index in [-0.39, 0.29) is 26.5 Å². The van der Waals surface area contributed by atoms with Gasteiger partial charge in [-0.25, -0.2) is 4.98 Å². The minimum absolute atomic E-state index is 0. The Bertz CT molecular complexity index is 3640. The fourth-order valence-electron chi connectivity index (χ4n) is 10.4. The van der Waals surface area contributed by atoms with Gasteiger partial charge in [0.15, 0.2) is 0 Å². The third kappa shape index (κ3) is 8.07. The number of benzene rings is 9. The Morgan fingerprint density at radius 2 is 1.04 bits per heavy atom. The van der Waals surface area contributed by atoms with Crippen LogP contribution < -0.4 is 9.80 Å². The van der Waals surface area contributed by atoms with Crippen LogP contribution in [0.1, 0.15) is 49.9 Å². The van der Waals surface area contributed by atoms with E-state index in [9.17, 15) is 0 Å². The summed E-state index contributed by atoms with van der Waals surface area (Å²) in [4.78, 5) is 9.66. The van der Waals surface area contributed by atoms with Crippen LogP contribution in [0.25, 0.3) is 61.0 Å². The molecule has 0 radical (unpaired) electrons. The Labute approximate surface area is 431 Å². The molecule has 0 aliphatic carbocycles. The molecule has 0 saturated carbocycles. The van der Waals surface area contributed by atoms with Crippen LogP contribution >= 0.6 is 0 Å². The van der Waals surface area contributed by atoms with Gasteiger partial charge in [0.1, 0.15) is 5.82 Å². The van der Waals surface area contributed by atoms with Gasteiger partial charge in [-0.05, 0) is 92.2 Å². The van der Waals surface area contributed by atoms with Crippen molar-refractivity contribution < 1.29 is 21.1 Å². The predicted octanol–water partition coefficient (Wildman–Crippen LogP) is 16.8. The number of pyridine rings is 1. The Morgan fingerprint density at radius 1 is 0.451 bits per heavy atom. The maximum Gasteiger partial charge on any atom is 0.135 e. The van der Waals surface area contributed by atoms with E-state index in [1.54, 1.807) is 0 Å². The van der Waals surface area contributed by atoms with Crippen molar-refractivity contribution >= 4 is 44.6 Å². The van der Waals surface area contributed by atoms with Crippen LogP contribution in [0.15, 0.2) is 231 Å². The van der Waals surface area contributed by atoms with E-state index in [0.29, 0.717) is 0 Å². The molecule has 0 spiro atoms. The van der Waals surface area contributed by atoms with Crippen LogP contribution in [0.5, 0.6) is 0 Å². The van der Waals surface area contributed by atoms with Gasteiger partial charge < -0.3 is 14.4 Å². The van der Waals surface area contributed by atoms with Gasteiger partial charge in [0.05, 0.1) is 0 Å². The number of aromatic nitrogens is 2. The molecule has 348 valence electrons. The van der Waals surface area contributed by atoms with Crippen LogP contribution in [-0.2, 0) is 31.9 Å². The zero-order valence-electron chi connectivity index (χ0n) is 40.1. The monoisotopic (exact) mass is 1090 g/mol. The molecule has 2 aromatic heterocycles. The average Bonchev–Trinajstić information content (AvgIpc) is 3.98. The molecule has 12 rings (SSSR count). The molecular formula is C66H51N4Pt-3. The van der Waals surface area contributed by atoms with E-state index in [1.165, 1.54) is 33.2 Å². The van der Waals surface area contributed by atoms with Crippen LogP contribution in [-0.4, -0.2) is 9.55 Å². The van der Waals surface area contributed by atoms with Crippen molar-refractivity contribution in [2.75, 3.05) is 9.80 Å². The smallest absolute Gasteiger partial charge is 0.135 e. The fraction of sp³-hybridized carbons (Fsp3) is 0.0909. The molecule has 0 N–H and O–H groups in total. The zero-order valence-corrected chi connectivity index (χ0v) is 42.4. The fourth-order valence-corrected chi connectivity index (χ4v) is 10.4. The third-order valence-corrected chi connectivity index (χ3v) is 14.4. The van der Waals surface area contributed by atoms with Gasteiger partial charge in [0.2, 0.25) is 0 Å². The first-order chi connectivity index (χ1) is 34.2. The first-order valence-corrected chi connectivity index (χ1v) is 24.1. The summed E-state index contributed by atoms with van der Waals surface area (Å²) in [7, 11) is 0. The zero-order chi connectivity index (χ0) is 47.4. The van der Waals surface area contributed by atoms with Gasteiger partial charge >= 0.3 is 0 Å². The molecule has 11 aromatic rings. The van der Waals surface area contributed by atoms with Crippen molar-refractivity contribution in [1.29, 1.82) is 0 Å². The first kappa shape index (κ1) is 45.6. The number of rotatable bonds is 10. The van der Waals surface area contributed by atoms with Crippen molar-refractivity contribution in [3.63, 3.8) is 0 Å². The summed E-state index contributed by atoms with van der Waals surface area (Å²) in [6, 6.07) is 88.6. The van der Waals surface area contributed by atoms with Gasteiger partial charge in [0.25, 0.3) is 0 Å². The van der Waals surface area contributed by atoms with Gasteiger partial charge in [0, 0.05) is 55.3 Å². The SMILES string of the molecule is CC(C)(c1[c-]c2c(cc1)c1ccccc1n2-c1cc(C(C)(C)c2ccccc2)ccn1)c1[c-]c(N2[CH-]N(c3ccccc3)c3ccccc32)cc(-c2c(-c3ccccc3)cccc2-c2ccccc2)c1.[Pt]. The van der Waals surface area contributed by atoms with Crippen molar-refractivity contribution in [3.05, 3.63) is 272 Å². The quantitative estimate of drug-likeness (QED) is 0.128. The summed E-state index contributed by atoms with van der Waals surface area (Å²) in [5.41, 5.74) is 17.0. The van der Waals surface area contributed by atoms with Crippen LogP contribution in [0.4, 0.5) is 22.7 Å². The Hall–Kier alpha value is -7.78. The second-order valence-corrected chi connectivity index (χ2v) is 19.3. The van der Waals surface area contributed by atoms with Gasteiger partial charge in [-0.15, -0.1) is 29.4 Å². The molecular weight excluding hydrogens is 1040 g/mol. The summed E-state index contributed by atoms with van der Waals surface area (Å²) >= 11 is 0. The Morgan fingerprint density at radius 3 is 1.72 bits per heavy atom. The first-order valence-electron chi connectivity index (χ1n) is 24.1. The summed E-state index contributed by atoms with van der Waals surface area (Å²) in [6.07, 6.45) is 1.95. The molecule has 5 heteroatoms. The number of anilines is 4. The molecule has 0 saturated heterocycles. The molecule has 0 unspecified atom stereocenters. The standard InChI is InChI=1S/C66H51N4.Pt/c1-65(2,49-26-13-7-14-27-49)51-38-39-67-63(44-51)70-59-33-18-17-30-57(59)58-37-36-50(43-62(58)70)66(3,4)52-40-48(64-55(46-22-9-5-10-23-46)31-21-32-56(64)47-24-11-6-12-25-47)41-54(42-52)69-45-68(53-28-15-8-16-29-53)60-34-19-20-35-61(60)69;/h5-41,44-45H,1-4H3;/q-3;. The average molecular weight is 1100 g/mol. The second kappa shape index (κ2) is 18.5. The summed E-state index contributed by atoms with van der Waals surface area (Å²) < 4.78 is 2.30. The molecule has 9 aromatic carbocycles. The minimum Gasteiger partial charge on any atom is -0.493 e. The largest absolute Gasteiger partial charge is 0.493 e. The molecule has 4 nitrogen and oxygen atoms in total. The molecule has 0 fully saturated rings. The summed E-state index contributed by atoms with van der Waals surface area (Å²) in [5.74, 6) is 0.868. The van der Waals surface area contributed by atoms with E-state index in [4.69, 9.17) is 4.98 Å². The molecule has 0 bridgehead atoms. The van der Waals surface area contributed by atoms with Crippen molar-refractivity contribution in [3.8, 4) is 39.2 Å². The number of para-hydroxylation sites is 4. The number of hydrogen-bond donors (Lipinski definition) is 0. The summed E-state index contributed by atoms with van der Waals surface area (Å²) in [6.45, 7) is 11.4. The van der Waals surface area contributed by atoms with Gasteiger partial charge in [-0.2, -0.15) is 41.5 Å². The van der Waals surface area contributed by atoms with E-state index >= 15 is 0 Å². The second-order valence-electron chi connectivity index (χ2n) is 19.3. The topological polar surface area (TPSA) is 24.3 Å². The van der Waals surface area contributed by atoms with Gasteiger partial charge in [-0.1, -0.05) is 191 Å². The van der Waals surface area contributed by atoms with E-state index < -0.39 is 5.41 Å². The molecule has 1 aliphatic rings. The van der Waals surface area contributed by atoms with Crippen molar-refractivity contribution in [2.45, 2.75) is 38.5 Å². The van der Waals surface area contributed by atoms with Crippen LogP contribution in [0.3, 0.4) is 0 Å². The van der Waals surface area contributed by atoms with Crippen LogP contribution in [0, 0.1) is 18.8 Å². The molecule has 0 amide bonds. The minimum atomic E-state index is -0.572. The van der Waals surface area contributed by atoms with Crippen LogP contribution in [0.2, 0.25) is 0 Å². The van der Waals surface area contributed by atoms with Crippen molar-refractivity contribution in [2.24, 2.45) is 0 Å². The van der Waals surface area contributed by atoms with E-state index in [0.717, 1.165) is 72.8 Å². The predicted molar refractivity (Wildman–Crippen MR) is 291 cm³/mol. The van der Waals surface area contributed by atoms with Gasteiger partial charge in [-0.3, -0.25) is 0 Å². The Balaban J connectivity index is 0.00000547. The molecule has 71 heavy (non-hydrogen) atoms. The maximum atomic E-state index is 5.08. The van der Waals surface area contributed by atoms with E-state index in [2.05, 4.69) is 285 Å². The Kier molecular flexibility index (Phi) is 11.9. The molecule has 0 atom stereocenters. The molecule has 1 aliphatic heterocycles. The summed E-state index contributed by atoms with van der Waals surface area (Å²) in [5, 5.41) is 2.30. The maximum absolute atomic E-state index is 5.08. The molecule has 3 heterocycles. The van der Waals surface area contributed by atoms with E-state index in [1.807, 2.05) is 6.20 Å². The number of fused-ring (bicyclic) bond motifs is 4. The third-order valence-electron chi connectivity index (χ3n) is 14.4. The number of hydrogen-bond acceptors (Lipinski definition) is 3.